The molecule has 2 rings (SSSR count). The van der Waals surface area contributed by atoms with Crippen LogP contribution in [0, 0.1) is 10.1 Å². The van der Waals surface area contributed by atoms with Crippen LogP contribution in [-0.4, -0.2) is 24.1 Å². The lowest BCUT2D eigenvalue weighted by Gasteiger charge is -2.10. The van der Waals surface area contributed by atoms with Crippen LogP contribution in [0.4, 0.5) is 23.0 Å². The minimum atomic E-state index is -0.476. The third-order valence-electron chi connectivity index (χ3n) is 2.70. The van der Waals surface area contributed by atoms with E-state index in [2.05, 4.69) is 15.6 Å². The molecule has 21 heavy (non-hydrogen) atoms. The molecule has 1 aromatic heterocycles. The highest BCUT2D eigenvalue weighted by Crippen LogP contribution is 2.29. The minimum Gasteiger partial charge on any atom is -0.495 e. The summed E-state index contributed by atoms with van der Waals surface area (Å²) in [7, 11) is 3.15. The van der Waals surface area contributed by atoms with E-state index in [-0.39, 0.29) is 5.69 Å². The van der Waals surface area contributed by atoms with Gasteiger partial charge in [0.2, 0.25) is 0 Å². The Kier molecular flexibility index (Phi) is 4.44. The Labute approximate surface area is 126 Å². The maximum absolute atomic E-state index is 10.9. The van der Waals surface area contributed by atoms with Gasteiger partial charge >= 0.3 is 0 Å². The van der Waals surface area contributed by atoms with Crippen molar-refractivity contribution in [3.63, 3.8) is 0 Å². The maximum atomic E-state index is 10.9. The molecule has 0 bridgehead atoms. The van der Waals surface area contributed by atoms with Gasteiger partial charge in [-0.3, -0.25) is 10.1 Å². The zero-order valence-corrected chi connectivity index (χ0v) is 12.1. The third kappa shape index (κ3) is 3.51. The lowest BCUT2D eigenvalue weighted by molar-refractivity contribution is -0.384. The fourth-order valence-corrected chi connectivity index (χ4v) is 1.89. The van der Waals surface area contributed by atoms with Crippen LogP contribution < -0.4 is 15.4 Å². The molecule has 0 atom stereocenters. The minimum absolute atomic E-state index is 0.0576. The van der Waals surface area contributed by atoms with Crippen molar-refractivity contribution in [3.8, 4) is 5.75 Å². The molecule has 0 spiro atoms. The van der Waals surface area contributed by atoms with E-state index < -0.39 is 4.92 Å². The van der Waals surface area contributed by atoms with Gasteiger partial charge in [-0.2, -0.15) is 0 Å². The van der Waals surface area contributed by atoms with Crippen LogP contribution in [0.25, 0.3) is 0 Å². The maximum Gasteiger partial charge on any atom is 0.276 e. The van der Waals surface area contributed by atoms with E-state index in [1.807, 2.05) is 0 Å². The molecule has 0 radical (unpaired) electrons. The number of benzene rings is 1. The Morgan fingerprint density at radius 1 is 1.29 bits per heavy atom. The number of methoxy groups -OCH3 is 1. The van der Waals surface area contributed by atoms with Crippen molar-refractivity contribution < 1.29 is 9.66 Å². The van der Waals surface area contributed by atoms with Gasteiger partial charge in [-0.1, -0.05) is 11.6 Å². The number of hydrogen-bond donors (Lipinski definition) is 2. The number of rotatable bonds is 5. The zero-order chi connectivity index (χ0) is 15.4. The van der Waals surface area contributed by atoms with Crippen molar-refractivity contribution in [1.82, 2.24) is 4.98 Å². The van der Waals surface area contributed by atoms with Crippen LogP contribution in [0.15, 0.2) is 30.3 Å². The van der Waals surface area contributed by atoms with Crippen LogP contribution in [0.1, 0.15) is 0 Å². The third-order valence-corrected chi connectivity index (χ3v) is 3.01. The van der Waals surface area contributed by atoms with Crippen LogP contribution in [0.2, 0.25) is 5.02 Å². The van der Waals surface area contributed by atoms with Crippen molar-refractivity contribution in [2.45, 2.75) is 0 Å². The van der Waals surface area contributed by atoms with Gasteiger partial charge in [0.05, 0.1) is 29.2 Å². The first kappa shape index (κ1) is 14.9. The summed E-state index contributed by atoms with van der Waals surface area (Å²) < 4.78 is 5.12. The fourth-order valence-electron chi connectivity index (χ4n) is 1.70. The summed E-state index contributed by atoms with van der Waals surface area (Å²) in [6.45, 7) is 0. The number of nitro groups is 1. The fraction of sp³-hybridized carbons (Fsp3) is 0.154. The van der Waals surface area contributed by atoms with E-state index in [4.69, 9.17) is 16.3 Å². The molecule has 0 saturated carbocycles. The monoisotopic (exact) mass is 308 g/mol. The lowest BCUT2D eigenvalue weighted by atomic mass is 10.3. The Bertz CT molecular complexity index is 678. The van der Waals surface area contributed by atoms with Crippen molar-refractivity contribution in [2.24, 2.45) is 0 Å². The molecule has 2 aromatic rings. The second kappa shape index (κ2) is 6.27. The summed E-state index contributed by atoms with van der Waals surface area (Å²) in [4.78, 5) is 14.6. The zero-order valence-electron chi connectivity index (χ0n) is 11.4. The van der Waals surface area contributed by atoms with Gasteiger partial charge in [0.25, 0.3) is 5.69 Å². The van der Waals surface area contributed by atoms with E-state index in [0.29, 0.717) is 28.1 Å². The number of anilines is 3. The van der Waals surface area contributed by atoms with Gasteiger partial charge < -0.3 is 15.4 Å². The number of hydrogen-bond acceptors (Lipinski definition) is 6. The summed E-state index contributed by atoms with van der Waals surface area (Å²) in [5.41, 5.74) is 0.601. The highest BCUT2D eigenvalue weighted by molar-refractivity contribution is 6.32. The van der Waals surface area contributed by atoms with E-state index in [1.54, 1.807) is 25.2 Å². The van der Waals surface area contributed by atoms with Crippen LogP contribution in [-0.2, 0) is 0 Å². The summed E-state index contributed by atoms with van der Waals surface area (Å²) >= 11 is 5.95. The van der Waals surface area contributed by atoms with Crippen molar-refractivity contribution in [1.29, 1.82) is 0 Å². The second-order valence-electron chi connectivity index (χ2n) is 4.08. The molecular formula is C13H13ClN4O3. The van der Waals surface area contributed by atoms with Gasteiger partial charge in [-0.25, -0.2) is 4.98 Å². The van der Waals surface area contributed by atoms with Crippen molar-refractivity contribution in [2.75, 3.05) is 24.8 Å². The van der Waals surface area contributed by atoms with Gasteiger partial charge in [-0.05, 0) is 12.1 Å². The summed E-state index contributed by atoms with van der Waals surface area (Å²) in [6.07, 6.45) is 0. The van der Waals surface area contributed by atoms with Gasteiger partial charge in [-0.15, -0.1) is 0 Å². The molecule has 1 aromatic carbocycles. The molecular weight excluding hydrogens is 296 g/mol. The van der Waals surface area contributed by atoms with E-state index >= 15 is 0 Å². The van der Waals surface area contributed by atoms with Crippen molar-refractivity contribution in [3.05, 3.63) is 45.5 Å². The molecule has 0 aliphatic heterocycles. The molecule has 0 aliphatic carbocycles. The first-order chi connectivity index (χ1) is 10.0. The number of halogens is 1. The molecule has 110 valence electrons. The Balaban J connectivity index is 2.34. The number of pyridine rings is 1. The number of ether oxygens (including phenoxy) is 1. The van der Waals surface area contributed by atoms with Gasteiger partial charge in [0.15, 0.2) is 0 Å². The first-order valence-corrected chi connectivity index (χ1v) is 6.36. The average Bonchev–Trinajstić information content (AvgIpc) is 2.48. The molecule has 0 amide bonds. The van der Waals surface area contributed by atoms with E-state index in [0.717, 1.165) is 0 Å². The largest absolute Gasteiger partial charge is 0.495 e. The normalized spacial score (nSPS) is 10.0. The number of aromatic nitrogens is 1. The number of nitrogens with zero attached hydrogens (tertiary/aromatic N) is 2. The molecule has 0 aliphatic rings. The highest BCUT2D eigenvalue weighted by Gasteiger charge is 2.11. The smallest absolute Gasteiger partial charge is 0.276 e. The SMILES string of the molecule is CNc1cc([N+](=O)[O-])cc(Nc2ccc(Cl)c(OC)c2)n1. The molecule has 0 saturated heterocycles. The van der Waals surface area contributed by atoms with Crippen molar-refractivity contribution >= 4 is 34.6 Å². The Morgan fingerprint density at radius 2 is 2.00 bits per heavy atom. The molecule has 7 nitrogen and oxygen atoms in total. The molecule has 8 heteroatoms. The first-order valence-electron chi connectivity index (χ1n) is 5.98. The molecule has 2 N–H and O–H groups in total. The molecule has 1 heterocycles. The summed E-state index contributed by atoms with van der Waals surface area (Å²) in [5.74, 6) is 1.24. The van der Waals surface area contributed by atoms with E-state index in [1.165, 1.54) is 19.2 Å². The summed E-state index contributed by atoms with van der Waals surface area (Å²) in [6, 6.07) is 7.78. The van der Waals surface area contributed by atoms with E-state index in [9.17, 15) is 10.1 Å². The topological polar surface area (TPSA) is 89.3 Å². The van der Waals surface area contributed by atoms with Crippen LogP contribution >= 0.6 is 11.6 Å². The second-order valence-corrected chi connectivity index (χ2v) is 4.48. The lowest BCUT2D eigenvalue weighted by Crippen LogP contribution is -2.00. The molecule has 0 fully saturated rings. The predicted octanol–water partition coefficient (Wildman–Crippen LogP) is 3.44. The molecule has 0 unspecified atom stereocenters. The Hall–Kier alpha value is -2.54. The average molecular weight is 309 g/mol. The summed E-state index contributed by atoms with van der Waals surface area (Å²) in [5, 5.41) is 17.1. The standard InChI is InChI=1S/C13H13ClN4O3/c1-15-12-6-9(18(19)20)7-13(17-12)16-8-3-4-10(14)11(5-8)21-2/h3-7H,1-2H3,(H2,15,16,17). The predicted molar refractivity (Wildman–Crippen MR) is 81.7 cm³/mol. The van der Waals surface area contributed by atoms with Gasteiger partial charge in [0.1, 0.15) is 17.4 Å². The van der Waals surface area contributed by atoms with Crippen LogP contribution in [0.3, 0.4) is 0 Å². The van der Waals surface area contributed by atoms with Crippen LogP contribution in [0.5, 0.6) is 5.75 Å². The number of nitrogens with one attached hydrogen (secondary N) is 2. The van der Waals surface area contributed by atoms with Gasteiger partial charge in [0, 0.05) is 18.8 Å². The Morgan fingerprint density at radius 3 is 2.62 bits per heavy atom. The quantitative estimate of drug-likeness (QED) is 0.649. The highest BCUT2D eigenvalue weighted by atomic mass is 35.5.